The SMILES string of the molecule is CC(=O)NCCC(=O)Nc1ccc2c(c1)CCCN2C(=O)c1cccs1. The molecule has 0 atom stereocenters. The Bertz CT molecular complexity index is 817. The van der Waals surface area contributed by atoms with Gasteiger partial charge in [-0.2, -0.15) is 0 Å². The van der Waals surface area contributed by atoms with E-state index in [0.29, 0.717) is 18.8 Å². The molecule has 0 saturated carbocycles. The minimum absolute atomic E-state index is 0.0213. The maximum Gasteiger partial charge on any atom is 0.268 e. The van der Waals surface area contributed by atoms with Gasteiger partial charge in [0.25, 0.3) is 5.91 Å². The number of amides is 3. The van der Waals surface area contributed by atoms with Crippen molar-refractivity contribution in [1.29, 1.82) is 0 Å². The summed E-state index contributed by atoms with van der Waals surface area (Å²) in [6.45, 7) is 2.44. The van der Waals surface area contributed by atoms with Gasteiger partial charge in [-0.05, 0) is 48.1 Å². The third kappa shape index (κ3) is 4.29. The molecule has 6 nitrogen and oxygen atoms in total. The lowest BCUT2D eigenvalue weighted by molar-refractivity contribution is -0.119. The fourth-order valence-corrected chi connectivity index (χ4v) is 3.67. The molecule has 0 bridgehead atoms. The normalized spacial score (nSPS) is 13.0. The van der Waals surface area contributed by atoms with Crippen LogP contribution < -0.4 is 15.5 Å². The average Bonchev–Trinajstić information content (AvgIpc) is 3.14. The number of hydrogen-bond acceptors (Lipinski definition) is 4. The number of hydrogen-bond donors (Lipinski definition) is 2. The summed E-state index contributed by atoms with van der Waals surface area (Å²) in [4.78, 5) is 38.0. The third-order valence-electron chi connectivity index (χ3n) is 4.19. The summed E-state index contributed by atoms with van der Waals surface area (Å²) in [6, 6.07) is 9.35. The Balaban J connectivity index is 1.69. The van der Waals surface area contributed by atoms with Gasteiger partial charge in [-0.3, -0.25) is 14.4 Å². The van der Waals surface area contributed by atoms with E-state index in [4.69, 9.17) is 0 Å². The van der Waals surface area contributed by atoms with Gasteiger partial charge in [-0.25, -0.2) is 0 Å². The molecule has 3 rings (SSSR count). The molecule has 1 aromatic carbocycles. The van der Waals surface area contributed by atoms with Gasteiger partial charge in [0.2, 0.25) is 11.8 Å². The fourth-order valence-electron chi connectivity index (χ4n) is 2.99. The molecule has 2 heterocycles. The summed E-state index contributed by atoms with van der Waals surface area (Å²) in [5.41, 5.74) is 2.67. The minimum atomic E-state index is -0.152. The van der Waals surface area contributed by atoms with Gasteiger partial charge in [0.1, 0.15) is 0 Å². The van der Waals surface area contributed by atoms with Crippen LogP contribution in [0.3, 0.4) is 0 Å². The van der Waals surface area contributed by atoms with Crippen molar-refractivity contribution in [2.75, 3.05) is 23.3 Å². The highest BCUT2D eigenvalue weighted by atomic mass is 32.1. The fraction of sp³-hybridized carbons (Fsp3) is 0.316. The quantitative estimate of drug-likeness (QED) is 0.848. The monoisotopic (exact) mass is 371 g/mol. The van der Waals surface area contributed by atoms with Crippen molar-refractivity contribution in [2.45, 2.75) is 26.2 Å². The zero-order chi connectivity index (χ0) is 18.5. The summed E-state index contributed by atoms with van der Waals surface area (Å²) in [5, 5.41) is 7.35. The highest BCUT2D eigenvalue weighted by molar-refractivity contribution is 7.12. The second-order valence-electron chi connectivity index (χ2n) is 6.16. The first kappa shape index (κ1) is 18.1. The molecule has 2 aromatic rings. The Labute approximate surface area is 156 Å². The maximum atomic E-state index is 12.7. The lowest BCUT2D eigenvalue weighted by Crippen LogP contribution is -2.35. The van der Waals surface area contributed by atoms with E-state index in [-0.39, 0.29) is 24.1 Å². The van der Waals surface area contributed by atoms with Gasteiger partial charge in [0.15, 0.2) is 0 Å². The number of carbonyl (C=O) groups is 3. The molecule has 0 fully saturated rings. The number of carbonyl (C=O) groups excluding carboxylic acids is 3. The minimum Gasteiger partial charge on any atom is -0.356 e. The number of thiophene rings is 1. The lowest BCUT2D eigenvalue weighted by Gasteiger charge is -2.29. The van der Waals surface area contributed by atoms with Crippen LogP contribution in [-0.4, -0.2) is 30.8 Å². The number of anilines is 2. The number of nitrogens with one attached hydrogen (secondary N) is 2. The molecule has 7 heteroatoms. The predicted octanol–water partition coefficient (Wildman–Crippen LogP) is 2.81. The van der Waals surface area contributed by atoms with Crippen LogP contribution in [0.1, 0.15) is 35.0 Å². The van der Waals surface area contributed by atoms with Crippen LogP contribution >= 0.6 is 11.3 Å². The maximum absolute atomic E-state index is 12.7. The molecule has 0 unspecified atom stereocenters. The number of rotatable bonds is 5. The Hall–Kier alpha value is -2.67. The molecule has 3 amide bonds. The Kier molecular flexibility index (Phi) is 5.68. The largest absolute Gasteiger partial charge is 0.356 e. The van der Waals surface area contributed by atoms with E-state index >= 15 is 0 Å². The molecule has 0 saturated heterocycles. The van der Waals surface area contributed by atoms with E-state index in [9.17, 15) is 14.4 Å². The van der Waals surface area contributed by atoms with Crippen LogP contribution in [0.4, 0.5) is 11.4 Å². The summed E-state index contributed by atoms with van der Waals surface area (Å²) in [7, 11) is 0. The molecule has 1 aliphatic rings. The Morgan fingerprint density at radius 1 is 1.23 bits per heavy atom. The second-order valence-corrected chi connectivity index (χ2v) is 7.11. The van der Waals surface area contributed by atoms with Crippen molar-refractivity contribution in [1.82, 2.24) is 5.32 Å². The molecular weight excluding hydrogens is 350 g/mol. The van der Waals surface area contributed by atoms with Crippen molar-refractivity contribution in [3.8, 4) is 0 Å². The topological polar surface area (TPSA) is 78.5 Å². The smallest absolute Gasteiger partial charge is 0.268 e. The third-order valence-corrected chi connectivity index (χ3v) is 5.04. The molecule has 1 aromatic heterocycles. The summed E-state index contributed by atoms with van der Waals surface area (Å²) in [6.07, 6.45) is 1.99. The van der Waals surface area contributed by atoms with E-state index in [1.807, 2.05) is 40.6 Å². The highest BCUT2D eigenvalue weighted by Gasteiger charge is 2.24. The van der Waals surface area contributed by atoms with Crippen molar-refractivity contribution in [3.05, 3.63) is 46.2 Å². The zero-order valence-electron chi connectivity index (χ0n) is 14.6. The van der Waals surface area contributed by atoms with E-state index in [2.05, 4.69) is 10.6 Å². The van der Waals surface area contributed by atoms with Gasteiger partial charge in [0, 0.05) is 37.8 Å². The number of nitrogens with zero attached hydrogens (tertiary/aromatic N) is 1. The molecule has 0 radical (unpaired) electrons. The van der Waals surface area contributed by atoms with Gasteiger partial charge in [-0.15, -0.1) is 11.3 Å². The van der Waals surface area contributed by atoms with Crippen LogP contribution in [0.15, 0.2) is 35.7 Å². The first-order chi connectivity index (χ1) is 12.5. The van der Waals surface area contributed by atoms with Crippen LogP contribution in [0.25, 0.3) is 0 Å². The van der Waals surface area contributed by atoms with Crippen molar-refractivity contribution in [2.24, 2.45) is 0 Å². The molecule has 0 spiro atoms. The molecule has 1 aliphatic heterocycles. The first-order valence-electron chi connectivity index (χ1n) is 8.57. The van der Waals surface area contributed by atoms with E-state index in [0.717, 1.165) is 29.0 Å². The Morgan fingerprint density at radius 3 is 2.81 bits per heavy atom. The van der Waals surface area contributed by atoms with E-state index in [1.54, 1.807) is 0 Å². The molecule has 2 N–H and O–H groups in total. The van der Waals surface area contributed by atoms with E-state index in [1.165, 1.54) is 18.3 Å². The van der Waals surface area contributed by atoms with E-state index < -0.39 is 0 Å². The highest BCUT2D eigenvalue weighted by Crippen LogP contribution is 2.31. The number of fused-ring (bicyclic) bond motifs is 1. The van der Waals surface area contributed by atoms with Crippen molar-refractivity contribution < 1.29 is 14.4 Å². The number of benzene rings is 1. The summed E-state index contributed by atoms with van der Waals surface area (Å²) >= 11 is 1.44. The van der Waals surface area contributed by atoms with Gasteiger partial charge < -0.3 is 15.5 Å². The molecule has 0 aliphatic carbocycles. The Morgan fingerprint density at radius 2 is 2.08 bits per heavy atom. The molecule has 136 valence electrons. The van der Waals surface area contributed by atoms with Gasteiger partial charge in [0.05, 0.1) is 4.88 Å². The second kappa shape index (κ2) is 8.14. The van der Waals surface area contributed by atoms with Crippen LogP contribution in [0.2, 0.25) is 0 Å². The summed E-state index contributed by atoms with van der Waals surface area (Å²) < 4.78 is 0. The van der Waals surface area contributed by atoms with Gasteiger partial charge >= 0.3 is 0 Å². The van der Waals surface area contributed by atoms with Crippen LogP contribution in [-0.2, 0) is 16.0 Å². The number of aryl methyl sites for hydroxylation is 1. The van der Waals surface area contributed by atoms with Crippen molar-refractivity contribution >= 4 is 40.4 Å². The predicted molar refractivity (Wildman–Crippen MR) is 103 cm³/mol. The van der Waals surface area contributed by atoms with Crippen LogP contribution in [0.5, 0.6) is 0 Å². The van der Waals surface area contributed by atoms with Gasteiger partial charge in [-0.1, -0.05) is 6.07 Å². The van der Waals surface area contributed by atoms with Crippen LogP contribution in [0, 0.1) is 0 Å². The zero-order valence-corrected chi connectivity index (χ0v) is 15.4. The molecule has 26 heavy (non-hydrogen) atoms. The van der Waals surface area contributed by atoms with Crippen molar-refractivity contribution in [3.63, 3.8) is 0 Å². The summed E-state index contributed by atoms with van der Waals surface area (Å²) in [5.74, 6) is -0.281. The molecular formula is C19H21N3O3S. The standard InChI is InChI=1S/C19H21N3O3S/c1-13(23)20-9-8-18(24)21-15-6-7-16-14(12-15)4-2-10-22(16)19(25)17-5-3-11-26-17/h3,5-7,11-12H,2,4,8-10H2,1H3,(H,20,23)(H,21,24). The average molecular weight is 371 g/mol. The first-order valence-corrected chi connectivity index (χ1v) is 9.45. The lowest BCUT2D eigenvalue weighted by atomic mass is 10.0.